The Morgan fingerprint density at radius 1 is 1.33 bits per heavy atom. The highest BCUT2D eigenvalue weighted by molar-refractivity contribution is 7.89. The van der Waals surface area contributed by atoms with Gasteiger partial charge >= 0.3 is 0 Å². The number of nitrogens with two attached hydrogens (primary N) is 1. The summed E-state index contributed by atoms with van der Waals surface area (Å²) in [5, 5.41) is 5.94. The number of anilines is 1. The molecule has 2 heterocycles. The number of hydrogen-bond acceptors (Lipinski definition) is 7. The Kier molecular flexibility index (Phi) is 4.15. The number of aryl methyl sites for hydroxylation is 1. The van der Waals surface area contributed by atoms with Crippen molar-refractivity contribution in [1.82, 2.24) is 14.3 Å². The van der Waals surface area contributed by atoms with Crippen molar-refractivity contribution in [2.24, 2.45) is 5.14 Å². The molecule has 9 heteroatoms. The Morgan fingerprint density at radius 2 is 2.00 bits per heavy atom. The highest BCUT2D eigenvalue weighted by Gasteiger charge is 2.20. The Bertz CT molecular complexity index is 493. The minimum atomic E-state index is -3.36. The lowest BCUT2D eigenvalue weighted by molar-refractivity contribution is 0.272. The summed E-state index contributed by atoms with van der Waals surface area (Å²) in [6.45, 7) is 5.73. The zero-order valence-electron chi connectivity index (χ0n) is 10.2. The van der Waals surface area contributed by atoms with Gasteiger partial charge in [0, 0.05) is 44.3 Å². The Labute approximate surface area is 111 Å². The van der Waals surface area contributed by atoms with E-state index in [1.165, 1.54) is 11.5 Å². The molecule has 2 rings (SSSR count). The lowest BCUT2D eigenvalue weighted by atomic mass is 10.3. The van der Waals surface area contributed by atoms with Crippen molar-refractivity contribution in [3.8, 4) is 0 Å². The summed E-state index contributed by atoms with van der Waals surface area (Å²) in [5.74, 6) is 0.817. The van der Waals surface area contributed by atoms with Crippen LogP contribution >= 0.6 is 11.5 Å². The molecule has 1 fully saturated rings. The zero-order chi connectivity index (χ0) is 13.2. The van der Waals surface area contributed by atoms with Crippen LogP contribution in [-0.4, -0.2) is 61.2 Å². The van der Waals surface area contributed by atoms with E-state index in [-0.39, 0.29) is 5.75 Å². The fourth-order valence-electron chi connectivity index (χ4n) is 1.83. The van der Waals surface area contributed by atoms with Crippen LogP contribution in [0.25, 0.3) is 0 Å². The van der Waals surface area contributed by atoms with Gasteiger partial charge in [-0.15, -0.1) is 0 Å². The summed E-state index contributed by atoms with van der Waals surface area (Å²) < 4.78 is 25.9. The second-order valence-corrected chi connectivity index (χ2v) is 6.78. The summed E-state index contributed by atoms with van der Waals surface area (Å²) in [7, 11) is -3.36. The third-order valence-electron chi connectivity index (χ3n) is 2.85. The molecule has 0 unspecified atom stereocenters. The molecule has 1 aliphatic rings. The second-order valence-electron chi connectivity index (χ2n) is 4.32. The van der Waals surface area contributed by atoms with Crippen LogP contribution in [0.1, 0.15) is 5.82 Å². The molecule has 18 heavy (non-hydrogen) atoms. The number of sulfonamides is 1. The van der Waals surface area contributed by atoms with Crippen molar-refractivity contribution in [2.45, 2.75) is 6.92 Å². The van der Waals surface area contributed by atoms with E-state index in [4.69, 9.17) is 5.14 Å². The maximum Gasteiger partial charge on any atom is 0.210 e. The predicted molar refractivity (Wildman–Crippen MR) is 71.3 cm³/mol. The second kappa shape index (κ2) is 5.47. The first-order valence-electron chi connectivity index (χ1n) is 5.72. The van der Waals surface area contributed by atoms with Crippen LogP contribution in [0.3, 0.4) is 0 Å². The minimum Gasteiger partial charge on any atom is -0.344 e. The maximum atomic E-state index is 10.9. The average molecular weight is 291 g/mol. The highest BCUT2D eigenvalue weighted by atomic mass is 32.2. The molecule has 1 saturated heterocycles. The van der Waals surface area contributed by atoms with Crippen molar-refractivity contribution >= 4 is 26.7 Å². The van der Waals surface area contributed by atoms with Crippen LogP contribution < -0.4 is 10.0 Å². The van der Waals surface area contributed by atoms with E-state index in [1.54, 1.807) is 0 Å². The number of piperazine rings is 1. The lowest BCUT2D eigenvalue weighted by Gasteiger charge is -2.34. The molecular formula is C9H17N5O2S2. The van der Waals surface area contributed by atoms with Crippen LogP contribution in [-0.2, 0) is 10.0 Å². The Hall–Kier alpha value is -0.770. The van der Waals surface area contributed by atoms with Crippen LogP contribution in [0, 0.1) is 6.92 Å². The van der Waals surface area contributed by atoms with E-state index >= 15 is 0 Å². The van der Waals surface area contributed by atoms with Gasteiger partial charge in [-0.2, -0.15) is 4.37 Å². The molecule has 1 aromatic heterocycles. The molecule has 0 atom stereocenters. The van der Waals surface area contributed by atoms with Crippen molar-refractivity contribution < 1.29 is 8.42 Å². The van der Waals surface area contributed by atoms with Gasteiger partial charge in [0.1, 0.15) is 5.82 Å². The summed E-state index contributed by atoms with van der Waals surface area (Å²) >= 11 is 1.41. The van der Waals surface area contributed by atoms with E-state index in [2.05, 4.69) is 19.2 Å². The minimum absolute atomic E-state index is 0.0188. The van der Waals surface area contributed by atoms with Gasteiger partial charge in [0.2, 0.25) is 15.2 Å². The predicted octanol–water partition coefficient (Wildman–Crippen LogP) is -0.743. The fraction of sp³-hybridized carbons (Fsp3) is 0.778. The van der Waals surface area contributed by atoms with Crippen molar-refractivity contribution in [3.63, 3.8) is 0 Å². The first kappa shape index (κ1) is 13.7. The largest absolute Gasteiger partial charge is 0.344 e. The number of primary sulfonamides is 1. The first-order valence-corrected chi connectivity index (χ1v) is 8.21. The van der Waals surface area contributed by atoms with Crippen molar-refractivity contribution in [3.05, 3.63) is 5.82 Å². The molecule has 0 aromatic carbocycles. The number of hydrogen-bond donors (Lipinski definition) is 1. The standard InChI is InChI=1S/C9H17N5O2S2/c1-8-11-9(17-12-8)14-4-2-13(3-5-14)6-7-18(10,15)16/h2-7H2,1H3,(H2,10,15,16). The third-order valence-corrected chi connectivity index (χ3v) is 4.47. The monoisotopic (exact) mass is 291 g/mol. The van der Waals surface area contributed by atoms with Gasteiger partial charge in [0.15, 0.2) is 0 Å². The molecule has 0 radical (unpaired) electrons. The summed E-state index contributed by atoms with van der Waals surface area (Å²) in [6.07, 6.45) is 0. The molecule has 0 spiro atoms. The van der Waals surface area contributed by atoms with Crippen molar-refractivity contribution in [1.29, 1.82) is 0 Å². The SMILES string of the molecule is Cc1nsc(N2CCN(CCS(N)(=O)=O)CC2)n1. The Balaban J connectivity index is 1.81. The van der Waals surface area contributed by atoms with Gasteiger partial charge in [0.25, 0.3) is 0 Å². The summed E-state index contributed by atoms with van der Waals surface area (Å²) in [5.41, 5.74) is 0. The first-order chi connectivity index (χ1) is 8.44. The van der Waals surface area contributed by atoms with Crippen LogP contribution in [0.4, 0.5) is 5.13 Å². The van der Waals surface area contributed by atoms with E-state index in [0.29, 0.717) is 6.54 Å². The van der Waals surface area contributed by atoms with Crippen molar-refractivity contribution in [2.75, 3.05) is 43.4 Å². The molecule has 0 aliphatic carbocycles. The van der Waals surface area contributed by atoms with E-state index in [1.807, 2.05) is 6.92 Å². The highest BCUT2D eigenvalue weighted by Crippen LogP contribution is 2.18. The zero-order valence-corrected chi connectivity index (χ0v) is 11.9. The van der Waals surface area contributed by atoms with Gasteiger partial charge in [-0.3, -0.25) is 4.90 Å². The molecule has 0 amide bonds. The van der Waals surface area contributed by atoms with Gasteiger partial charge < -0.3 is 4.90 Å². The normalized spacial score (nSPS) is 18.2. The van der Waals surface area contributed by atoms with E-state index < -0.39 is 10.0 Å². The number of rotatable bonds is 4. The molecule has 1 aromatic rings. The molecule has 2 N–H and O–H groups in total. The molecule has 0 saturated carbocycles. The molecular weight excluding hydrogens is 274 g/mol. The van der Waals surface area contributed by atoms with E-state index in [0.717, 1.165) is 37.1 Å². The van der Waals surface area contributed by atoms with Gasteiger partial charge in [-0.1, -0.05) is 0 Å². The smallest absolute Gasteiger partial charge is 0.210 e. The molecule has 7 nitrogen and oxygen atoms in total. The summed E-state index contributed by atoms with van der Waals surface area (Å²) in [6, 6.07) is 0. The van der Waals surface area contributed by atoms with E-state index in [9.17, 15) is 8.42 Å². The summed E-state index contributed by atoms with van der Waals surface area (Å²) in [4.78, 5) is 8.63. The lowest BCUT2D eigenvalue weighted by Crippen LogP contribution is -2.48. The van der Waals surface area contributed by atoms with Crippen LogP contribution in [0.15, 0.2) is 0 Å². The van der Waals surface area contributed by atoms with Crippen LogP contribution in [0.2, 0.25) is 0 Å². The molecule has 1 aliphatic heterocycles. The molecule has 102 valence electrons. The number of nitrogens with zero attached hydrogens (tertiary/aromatic N) is 4. The van der Waals surface area contributed by atoms with Gasteiger partial charge in [0.05, 0.1) is 5.75 Å². The third kappa shape index (κ3) is 3.87. The topological polar surface area (TPSA) is 92.4 Å². The quantitative estimate of drug-likeness (QED) is 0.785. The van der Waals surface area contributed by atoms with Gasteiger partial charge in [-0.25, -0.2) is 18.5 Å². The van der Waals surface area contributed by atoms with Gasteiger partial charge in [-0.05, 0) is 6.92 Å². The van der Waals surface area contributed by atoms with Crippen LogP contribution in [0.5, 0.6) is 0 Å². The number of aromatic nitrogens is 2. The fourth-order valence-corrected chi connectivity index (χ4v) is 3.07. The Morgan fingerprint density at radius 3 is 2.50 bits per heavy atom. The maximum absolute atomic E-state index is 10.9. The average Bonchev–Trinajstić information content (AvgIpc) is 2.73. The molecule has 0 bridgehead atoms.